The van der Waals surface area contributed by atoms with Crippen LogP contribution in [0.5, 0.6) is 0 Å². The van der Waals surface area contributed by atoms with Gasteiger partial charge in [0.15, 0.2) is 5.13 Å². The highest BCUT2D eigenvalue weighted by Crippen LogP contribution is 2.24. The molecule has 0 amide bonds. The molecule has 0 radical (unpaired) electrons. The predicted molar refractivity (Wildman–Crippen MR) is 71.5 cm³/mol. The molecule has 0 unspecified atom stereocenters. The predicted octanol–water partition coefficient (Wildman–Crippen LogP) is 1.95. The summed E-state index contributed by atoms with van der Waals surface area (Å²) in [5.74, 6) is 2.49. The van der Waals surface area contributed by atoms with Crippen molar-refractivity contribution in [1.82, 2.24) is 10.3 Å². The first kappa shape index (κ1) is 10.9. The van der Waals surface area contributed by atoms with Gasteiger partial charge in [-0.1, -0.05) is 0 Å². The Labute approximate surface area is 105 Å². The van der Waals surface area contributed by atoms with E-state index in [1.807, 2.05) is 11.8 Å². The summed E-state index contributed by atoms with van der Waals surface area (Å²) in [6.45, 7) is 3.27. The summed E-state index contributed by atoms with van der Waals surface area (Å²) in [5.41, 5.74) is 1.21. The molecule has 3 nitrogen and oxygen atoms in total. The summed E-state index contributed by atoms with van der Waals surface area (Å²) in [6, 6.07) is 0.775. The van der Waals surface area contributed by atoms with E-state index in [1.54, 1.807) is 11.3 Å². The maximum Gasteiger partial charge on any atom is 0.185 e. The lowest BCUT2D eigenvalue weighted by molar-refractivity contribution is 0.676. The Hall–Kier alpha value is -0.260. The van der Waals surface area contributed by atoms with Crippen LogP contribution >= 0.6 is 23.1 Å². The van der Waals surface area contributed by atoms with Crippen LogP contribution in [0.2, 0.25) is 0 Å². The maximum absolute atomic E-state index is 4.71. The van der Waals surface area contributed by atoms with Crippen molar-refractivity contribution in [3.63, 3.8) is 0 Å². The molecule has 0 bridgehead atoms. The van der Waals surface area contributed by atoms with Crippen LogP contribution in [-0.4, -0.2) is 35.6 Å². The molecule has 2 fully saturated rings. The van der Waals surface area contributed by atoms with Crippen LogP contribution in [0.25, 0.3) is 0 Å². The van der Waals surface area contributed by atoms with Crippen LogP contribution in [0.3, 0.4) is 0 Å². The van der Waals surface area contributed by atoms with Crippen molar-refractivity contribution in [3.05, 3.63) is 11.1 Å². The van der Waals surface area contributed by atoms with Gasteiger partial charge < -0.3 is 10.2 Å². The Bertz CT molecular complexity index is 343. The summed E-state index contributed by atoms with van der Waals surface area (Å²) in [7, 11) is 0. The minimum atomic E-state index is 0.775. The second-order valence-corrected chi connectivity index (χ2v) is 6.44. The van der Waals surface area contributed by atoms with Crippen LogP contribution in [0.15, 0.2) is 5.38 Å². The van der Waals surface area contributed by atoms with Crippen molar-refractivity contribution in [2.75, 3.05) is 29.5 Å². The quantitative estimate of drug-likeness (QED) is 0.890. The van der Waals surface area contributed by atoms with Gasteiger partial charge in [-0.25, -0.2) is 4.98 Å². The summed E-state index contributed by atoms with van der Waals surface area (Å²) < 4.78 is 0. The Kier molecular flexibility index (Phi) is 3.35. The standard InChI is InChI=1S/C11H17N3S2/c1-2-9(1)12-7-10-8-16-11(13-10)14-3-5-15-6-4-14/h8-9,12H,1-7H2. The lowest BCUT2D eigenvalue weighted by Crippen LogP contribution is -2.32. The number of rotatable bonds is 4. The van der Waals surface area contributed by atoms with E-state index in [0.29, 0.717) is 0 Å². The molecular formula is C11H17N3S2. The molecule has 1 aliphatic carbocycles. The third-order valence-electron chi connectivity index (χ3n) is 2.97. The molecule has 1 aromatic rings. The molecule has 2 heterocycles. The average molecular weight is 255 g/mol. The van der Waals surface area contributed by atoms with E-state index in [-0.39, 0.29) is 0 Å². The van der Waals surface area contributed by atoms with E-state index in [2.05, 4.69) is 15.6 Å². The fourth-order valence-corrected chi connectivity index (χ4v) is 3.60. The molecule has 0 spiro atoms. The molecule has 16 heavy (non-hydrogen) atoms. The van der Waals surface area contributed by atoms with E-state index in [4.69, 9.17) is 4.98 Å². The smallest absolute Gasteiger partial charge is 0.185 e. The summed E-state index contributed by atoms with van der Waals surface area (Å²) in [4.78, 5) is 7.12. The van der Waals surface area contributed by atoms with Crippen molar-refractivity contribution in [2.45, 2.75) is 25.4 Å². The average Bonchev–Trinajstić information content (AvgIpc) is 3.05. The van der Waals surface area contributed by atoms with Crippen molar-refractivity contribution in [2.24, 2.45) is 0 Å². The Morgan fingerprint density at radius 1 is 1.38 bits per heavy atom. The number of nitrogens with one attached hydrogen (secondary N) is 1. The van der Waals surface area contributed by atoms with Gasteiger partial charge >= 0.3 is 0 Å². The fourth-order valence-electron chi connectivity index (χ4n) is 1.81. The first-order valence-corrected chi connectivity index (χ1v) is 7.96. The largest absolute Gasteiger partial charge is 0.346 e. The molecule has 2 aliphatic rings. The molecular weight excluding hydrogens is 238 g/mol. The van der Waals surface area contributed by atoms with Gasteiger partial charge in [-0.05, 0) is 12.8 Å². The molecule has 0 atom stereocenters. The molecule has 1 saturated heterocycles. The third-order valence-corrected chi connectivity index (χ3v) is 4.86. The molecule has 1 aromatic heterocycles. The first-order valence-electron chi connectivity index (χ1n) is 5.92. The molecule has 1 saturated carbocycles. The Morgan fingerprint density at radius 2 is 2.19 bits per heavy atom. The van der Waals surface area contributed by atoms with Crippen molar-refractivity contribution >= 4 is 28.2 Å². The van der Waals surface area contributed by atoms with Gasteiger partial charge in [-0.2, -0.15) is 11.8 Å². The lowest BCUT2D eigenvalue weighted by atomic mass is 10.4. The van der Waals surface area contributed by atoms with E-state index >= 15 is 0 Å². The maximum atomic E-state index is 4.71. The van der Waals surface area contributed by atoms with Crippen molar-refractivity contribution in [1.29, 1.82) is 0 Å². The number of thioether (sulfide) groups is 1. The molecule has 88 valence electrons. The number of aromatic nitrogens is 1. The minimum Gasteiger partial charge on any atom is -0.346 e. The molecule has 1 N–H and O–H groups in total. The van der Waals surface area contributed by atoms with Gasteiger partial charge in [0.05, 0.1) is 5.69 Å². The van der Waals surface area contributed by atoms with Gasteiger partial charge in [-0.3, -0.25) is 0 Å². The minimum absolute atomic E-state index is 0.775. The monoisotopic (exact) mass is 255 g/mol. The van der Waals surface area contributed by atoms with Crippen LogP contribution < -0.4 is 10.2 Å². The van der Waals surface area contributed by atoms with E-state index < -0.39 is 0 Å². The third kappa shape index (κ3) is 2.70. The van der Waals surface area contributed by atoms with Crippen LogP contribution in [-0.2, 0) is 6.54 Å². The zero-order valence-corrected chi connectivity index (χ0v) is 10.9. The van der Waals surface area contributed by atoms with Gasteiger partial charge in [0.25, 0.3) is 0 Å². The second kappa shape index (κ2) is 4.94. The number of hydrogen-bond donors (Lipinski definition) is 1. The highest BCUT2D eigenvalue weighted by molar-refractivity contribution is 7.99. The van der Waals surface area contributed by atoms with Crippen molar-refractivity contribution in [3.8, 4) is 0 Å². The highest BCUT2D eigenvalue weighted by atomic mass is 32.2. The van der Waals surface area contributed by atoms with E-state index in [9.17, 15) is 0 Å². The fraction of sp³-hybridized carbons (Fsp3) is 0.727. The Balaban J connectivity index is 1.57. The van der Waals surface area contributed by atoms with Crippen LogP contribution in [0.1, 0.15) is 18.5 Å². The van der Waals surface area contributed by atoms with Crippen LogP contribution in [0.4, 0.5) is 5.13 Å². The molecule has 3 rings (SSSR count). The van der Waals surface area contributed by atoms with Gasteiger partial charge in [0.2, 0.25) is 0 Å². The lowest BCUT2D eigenvalue weighted by Gasteiger charge is -2.25. The number of anilines is 1. The van der Waals surface area contributed by atoms with Gasteiger partial charge in [-0.15, -0.1) is 11.3 Å². The summed E-state index contributed by atoms with van der Waals surface area (Å²) >= 11 is 3.84. The van der Waals surface area contributed by atoms with Gasteiger partial charge in [0, 0.05) is 42.6 Å². The highest BCUT2D eigenvalue weighted by Gasteiger charge is 2.21. The molecule has 1 aliphatic heterocycles. The first-order chi connectivity index (χ1) is 7.92. The number of hydrogen-bond acceptors (Lipinski definition) is 5. The zero-order chi connectivity index (χ0) is 10.8. The number of nitrogens with zero attached hydrogens (tertiary/aromatic N) is 2. The Morgan fingerprint density at radius 3 is 2.94 bits per heavy atom. The summed E-state index contributed by atoms with van der Waals surface area (Å²) in [5, 5.41) is 6.93. The van der Waals surface area contributed by atoms with Gasteiger partial charge in [0.1, 0.15) is 0 Å². The van der Waals surface area contributed by atoms with E-state index in [1.165, 1.54) is 35.2 Å². The SMILES string of the molecule is c1sc(N2CCSCC2)nc1CNC1CC1. The molecule has 0 aromatic carbocycles. The topological polar surface area (TPSA) is 28.2 Å². The number of thiazole rings is 1. The second-order valence-electron chi connectivity index (χ2n) is 4.38. The summed E-state index contributed by atoms with van der Waals surface area (Å²) in [6.07, 6.45) is 2.70. The molecule has 5 heteroatoms. The van der Waals surface area contributed by atoms with Crippen molar-refractivity contribution < 1.29 is 0 Å². The van der Waals surface area contributed by atoms with E-state index in [0.717, 1.165) is 25.7 Å². The zero-order valence-electron chi connectivity index (χ0n) is 9.32. The van der Waals surface area contributed by atoms with Crippen LogP contribution in [0, 0.1) is 0 Å². The normalized spacial score (nSPS) is 21.4.